The number of aliphatic hydroxyl groups is 3. The Labute approximate surface area is 556 Å². The average Bonchev–Trinajstić information content (AvgIpc) is 1.57. The summed E-state index contributed by atoms with van der Waals surface area (Å²) in [6.07, 6.45) is 5.83. The summed E-state index contributed by atoms with van der Waals surface area (Å²) in [6, 6.07) is 10.7. The highest BCUT2D eigenvalue weighted by atomic mass is 16.5. The van der Waals surface area contributed by atoms with E-state index in [0.29, 0.717) is 148 Å². The van der Waals surface area contributed by atoms with Gasteiger partial charge in [-0.05, 0) is 163 Å². The fourth-order valence-corrected chi connectivity index (χ4v) is 15.7. The van der Waals surface area contributed by atoms with Crippen LogP contribution in [0.25, 0.3) is 22.1 Å². The van der Waals surface area contributed by atoms with Crippen LogP contribution in [0, 0.1) is 49.4 Å². The zero-order valence-corrected chi connectivity index (χ0v) is 56.5. The molecule has 0 saturated carbocycles. The molecule has 6 N–H and O–H groups in total. The molecule has 0 unspecified atom stereocenters. The van der Waals surface area contributed by atoms with Gasteiger partial charge in [-0.25, -0.2) is 15.0 Å². The number of methoxy groups -OCH3 is 2. The molecule has 18 heteroatoms. The molecule has 6 atom stereocenters. The number of ketones is 3. The maximum absolute atomic E-state index is 14.3. The lowest BCUT2D eigenvalue weighted by molar-refractivity contribution is -0.148. The normalized spacial score (nSPS) is 23.0. The van der Waals surface area contributed by atoms with Crippen molar-refractivity contribution in [2.75, 3.05) is 14.2 Å². The van der Waals surface area contributed by atoms with Gasteiger partial charge in [0.2, 0.25) is 0 Å². The average molecular weight is 1290 g/mol. The Morgan fingerprint density at radius 3 is 2.00 bits per heavy atom. The number of esters is 2. The van der Waals surface area contributed by atoms with Crippen LogP contribution < -0.4 is 5.32 Å². The summed E-state index contributed by atoms with van der Waals surface area (Å²) in [6.45, 7) is 22.0. The van der Waals surface area contributed by atoms with E-state index in [1.54, 1.807) is 19.1 Å². The number of H-pyrrole nitrogens is 2. The Bertz CT molecular complexity index is 5010. The number of rotatable bonds is 10. The summed E-state index contributed by atoms with van der Waals surface area (Å²) in [5, 5.41) is 40.4. The number of benzene rings is 1. The van der Waals surface area contributed by atoms with E-state index in [1.807, 2.05) is 78.0 Å². The molecular weight excluding hydrogens is 1210 g/mol. The second-order valence-corrected chi connectivity index (χ2v) is 26.6. The number of carbonyl (C=O) groups is 5. The van der Waals surface area contributed by atoms with Gasteiger partial charge >= 0.3 is 11.9 Å². The first-order chi connectivity index (χ1) is 45.7. The molecule has 13 rings (SSSR count). The van der Waals surface area contributed by atoms with Crippen LogP contribution in [-0.4, -0.2) is 95.9 Å². The molecule has 9 aliphatic rings. The first-order valence-electron chi connectivity index (χ1n) is 32.8. The van der Waals surface area contributed by atoms with Crippen LogP contribution in [0.1, 0.15) is 203 Å². The van der Waals surface area contributed by atoms with Gasteiger partial charge in [-0.15, -0.1) is 0 Å². The molecule has 0 spiro atoms. The van der Waals surface area contributed by atoms with E-state index in [4.69, 9.17) is 34.4 Å². The number of aliphatic imine (C=N–C) groups is 3. The Morgan fingerprint density at radius 1 is 0.698 bits per heavy atom. The summed E-state index contributed by atoms with van der Waals surface area (Å²) in [5.41, 5.74) is 15.2. The van der Waals surface area contributed by atoms with Gasteiger partial charge in [0.25, 0.3) is 0 Å². The number of hydrogen-bond donors (Lipinski definition) is 6. The smallest absolute Gasteiger partial charge is 0.305 e. The Kier molecular flexibility index (Phi) is 16.1. The minimum atomic E-state index is -1.93. The minimum Gasteiger partial charge on any atom is -0.511 e. The fourth-order valence-electron chi connectivity index (χ4n) is 15.7. The van der Waals surface area contributed by atoms with Crippen LogP contribution in [0.15, 0.2) is 142 Å². The quantitative estimate of drug-likeness (QED) is 0.0490. The van der Waals surface area contributed by atoms with Crippen molar-refractivity contribution in [1.82, 2.24) is 25.3 Å². The van der Waals surface area contributed by atoms with Crippen molar-refractivity contribution in [3.63, 3.8) is 0 Å². The van der Waals surface area contributed by atoms with Gasteiger partial charge in [0.05, 0.1) is 98.9 Å². The molecule has 1 fully saturated rings. The van der Waals surface area contributed by atoms with Gasteiger partial charge in [0.1, 0.15) is 17.0 Å². The number of aliphatic hydroxyl groups excluding tert-OH is 1. The van der Waals surface area contributed by atoms with Crippen molar-refractivity contribution in [2.45, 2.75) is 157 Å². The Morgan fingerprint density at radius 2 is 1.35 bits per heavy atom. The Balaban J connectivity index is 0.993. The topological polar surface area (TPSA) is 271 Å². The third-order valence-electron chi connectivity index (χ3n) is 21.2. The predicted molar refractivity (Wildman–Crippen MR) is 367 cm³/mol. The highest BCUT2D eigenvalue weighted by Crippen LogP contribution is 2.51. The van der Waals surface area contributed by atoms with E-state index in [0.717, 1.165) is 39.4 Å². The molecule has 0 radical (unpaired) electrons. The van der Waals surface area contributed by atoms with Gasteiger partial charge in [-0.1, -0.05) is 51.4 Å². The van der Waals surface area contributed by atoms with E-state index in [-0.39, 0.29) is 96.2 Å². The number of allylic oxidation sites excluding steroid dienone is 12. The lowest BCUT2D eigenvalue weighted by atomic mass is 9.80. The summed E-state index contributed by atoms with van der Waals surface area (Å²) >= 11 is 0. The minimum absolute atomic E-state index is 0.0466. The number of aryl methyl sites for hydroxylation is 2. The third-order valence-corrected chi connectivity index (χ3v) is 21.2. The number of nitrogens with zero attached hydrogens (tertiary/aromatic N) is 5. The summed E-state index contributed by atoms with van der Waals surface area (Å²) in [5.74, 6) is 11.4. The molecule has 0 amide bonds. The zero-order chi connectivity index (χ0) is 68.5. The largest absolute Gasteiger partial charge is 0.511 e. The van der Waals surface area contributed by atoms with Gasteiger partial charge in [-0.2, -0.15) is 0 Å². The molecule has 2 aliphatic carbocycles. The summed E-state index contributed by atoms with van der Waals surface area (Å²) in [4.78, 5) is 101. The van der Waals surface area contributed by atoms with Gasteiger partial charge in [0.15, 0.2) is 17.3 Å². The predicted octanol–water partition coefficient (Wildman–Crippen LogP) is 12.6. The molecule has 18 nitrogen and oxygen atoms in total. The molecule has 10 heterocycles. The van der Waals surface area contributed by atoms with Crippen LogP contribution in [-0.2, 0) is 41.5 Å². The molecule has 1 aromatic carbocycles. The maximum atomic E-state index is 14.3. The fraction of sp³-hybridized carbons (Fsp3) is 0.359. The highest BCUT2D eigenvalue weighted by molar-refractivity contribution is 6.25. The molecule has 16 bridgehead atoms. The SMILES string of the molecule is CCC1=C(C)C2=NC1=CC1=C(C)C3=C(O)CC(=C4NC(=C(C#Cc5ccc(C#Cc6c7nc(c8c9[nH]c(cc%10nc(cc%11[nH]c6c(C)c%11C(C)=O)[C@](C)(O)[C@@]%10(O)CC)c(C)c9C(=O)C8)[C@@H](CCC(=O)OC)[C@@H]7C)cc5)C5=NC(=C2)C(C(C)=O)=C5C)[C@@H](C)[C@@H]4CCC(=O)OC)C3=N1. The second-order valence-electron chi connectivity index (χ2n) is 26.6. The number of fused-ring (bicyclic) bond motifs is 13. The second kappa shape index (κ2) is 23.9. The molecule has 3 aromatic heterocycles. The van der Waals surface area contributed by atoms with Crippen LogP contribution in [0.5, 0.6) is 0 Å². The monoisotopic (exact) mass is 1280 g/mol. The molecule has 4 aromatic rings. The molecule has 488 valence electrons. The summed E-state index contributed by atoms with van der Waals surface area (Å²) < 4.78 is 10.3. The number of aromatic amines is 2. The van der Waals surface area contributed by atoms with E-state index in [2.05, 4.69) is 52.8 Å². The van der Waals surface area contributed by atoms with Crippen molar-refractivity contribution in [1.29, 1.82) is 0 Å². The number of hydrogen-bond acceptors (Lipinski definition) is 16. The van der Waals surface area contributed by atoms with E-state index >= 15 is 0 Å². The lowest BCUT2D eigenvalue weighted by Gasteiger charge is -2.34. The van der Waals surface area contributed by atoms with E-state index in [1.165, 1.54) is 35.0 Å². The number of Topliss-reactive ketones (excluding diaryl/α,β-unsaturated/α-hetero) is 3. The van der Waals surface area contributed by atoms with E-state index < -0.39 is 17.2 Å². The van der Waals surface area contributed by atoms with Crippen molar-refractivity contribution in [3.05, 3.63) is 195 Å². The van der Waals surface area contributed by atoms with Crippen molar-refractivity contribution in [3.8, 4) is 23.7 Å². The standard InChI is InChI=1S/C78H76N8O10/c1-15-46-35(3)53-32-57-65(42(10)87)40(8)71(82-57)49(69-36(4)47(25-27-63(91)95-13)73(85-69)51-29-59(89)67-38(6)54(80-75(51)67)31-56(46)79-53)23-21-44-17-19-45(20-18-44)22-24-50-70-37(5)48(26-28-64(92)96-14)74(86-70)52-30-60(90)68-39(7)55(81-76(52)68)33-62-78(94,16-2)77(12,93)61(84-62)34-58-66(43(11)88)41(9)72(50)83-58/h17-20,31-34,36-37,47-48,81,83,85,89,93-94H,15-16,25-30H2,1-14H3/t36-,37-,47-,48-,77-,78+/m0/s1. The maximum Gasteiger partial charge on any atom is 0.305 e. The third kappa shape index (κ3) is 10.2. The molecule has 1 saturated heterocycles. The lowest BCUT2D eigenvalue weighted by Crippen LogP contribution is -2.43. The molecule has 7 aliphatic heterocycles. The van der Waals surface area contributed by atoms with Crippen molar-refractivity contribution < 1.29 is 48.8 Å². The van der Waals surface area contributed by atoms with Crippen molar-refractivity contribution >= 4 is 68.5 Å². The van der Waals surface area contributed by atoms with Gasteiger partial charge in [-0.3, -0.25) is 33.9 Å². The number of nitrogens with one attached hydrogen (secondary N) is 3. The number of ether oxygens (including phenoxy) is 2. The van der Waals surface area contributed by atoms with Crippen LogP contribution in [0.2, 0.25) is 0 Å². The van der Waals surface area contributed by atoms with Crippen molar-refractivity contribution in [2.24, 2.45) is 26.8 Å². The van der Waals surface area contributed by atoms with Gasteiger partial charge in [0, 0.05) is 111 Å². The molecular formula is C78H76N8O10. The first kappa shape index (κ1) is 64.6. The van der Waals surface area contributed by atoms with Crippen LogP contribution in [0.3, 0.4) is 0 Å². The van der Waals surface area contributed by atoms with E-state index in [9.17, 15) is 39.3 Å². The summed E-state index contributed by atoms with van der Waals surface area (Å²) in [7, 11) is 2.72. The van der Waals surface area contributed by atoms with Crippen LogP contribution >= 0.6 is 0 Å². The highest BCUT2D eigenvalue weighted by Gasteiger charge is 2.53. The molecule has 96 heavy (non-hydrogen) atoms. The Hall–Kier alpha value is -10.1. The first-order valence-corrected chi connectivity index (χ1v) is 32.8. The van der Waals surface area contributed by atoms with Crippen LogP contribution in [0.4, 0.5) is 0 Å². The zero-order valence-electron chi connectivity index (χ0n) is 56.5. The number of carbonyl (C=O) groups excluding carboxylic acids is 5. The number of aromatic nitrogens is 4. The van der Waals surface area contributed by atoms with Gasteiger partial charge < -0.3 is 40.1 Å².